The Hall–Kier alpha value is -0.930. The van der Waals surface area contributed by atoms with Crippen LogP contribution in [0.15, 0.2) is 18.2 Å². The van der Waals surface area contributed by atoms with Gasteiger partial charge in [0.2, 0.25) is 0 Å². The maximum absolute atomic E-state index is 13.2. The molecule has 1 aromatic carbocycles. The molecule has 0 aromatic heterocycles. The van der Waals surface area contributed by atoms with Crippen molar-refractivity contribution in [1.29, 1.82) is 0 Å². The highest BCUT2D eigenvalue weighted by Crippen LogP contribution is 2.33. The van der Waals surface area contributed by atoms with Gasteiger partial charge in [0.1, 0.15) is 5.82 Å². The van der Waals surface area contributed by atoms with Gasteiger partial charge in [0.15, 0.2) is 0 Å². The van der Waals surface area contributed by atoms with Crippen LogP contribution in [-0.4, -0.2) is 30.1 Å². The predicted octanol–water partition coefficient (Wildman–Crippen LogP) is 2.05. The molecule has 0 spiro atoms. The average Bonchev–Trinajstić information content (AvgIpc) is 2.26. The molecule has 0 saturated carbocycles. The fourth-order valence-corrected chi connectivity index (χ4v) is 2.21. The Bertz CT molecular complexity index is 384. The van der Waals surface area contributed by atoms with E-state index in [1.165, 1.54) is 6.07 Å². The number of hydrogen-bond donors (Lipinski definition) is 1. The van der Waals surface area contributed by atoms with Gasteiger partial charge < -0.3 is 10.0 Å². The maximum Gasteiger partial charge on any atom is 0.126 e. The van der Waals surface area contributed by atoms with E-state index in [4.69, 9.17) is 0 Å². The Labute approximate surface area is 95.7 Å². The monoisotopic (exact) mass is 223 g/mol. The van der Waals surface area contributed by atoms with Crippen molar-refractivity contribution >= 4 is 0 Å². The lowest BCUT2D eigenvalue weighted by molar-refractivity contribution is -0.0204. The van der Waals surface area contributed by atoms with E-state index in [9.17, 15) is 9.50 Å². The van der Waals surface area contributed by atoms with Gasteiger partial charge in [0.25, 0.3) is 0 Å². The molecule has 1 aromatic rings. The Morgan fingerprint density at radius 2 is 1.94 bits per heavy atom. The normalized spacial score (nSPS) is 21.0. The lowest BCUT2D eigenvalue weighted by Crippen LogP contribution is -2.40. The van der Waals surface area contributed by atoms with Crippen LogP contribution in [-0.2, 0) is 5.60 Å². The van der Waals surface area contributed by atoms with Crippen molar-refractivity contribution < 1.29 is 9.50 Å². The molecule has 0 aliphatic carbocycles. The molecule has 3 heteroatoms. The summed E-state index contributed by atoms with van der Waals surface area (Å²) in [5.41, 5.74) is 0.676. The van der Waals surface area contributed by atoms with Crippen LogP contribution in [0.25, 0.3) is 0 Å². The first-order chi connectivity index (χ1) is 7.51. The molecule has 88 valence electrons. The van der Waals surface area contributed by atoms with E-state index in [1.807, 2.05) is 0 Å². The lowest BCUT2D eigenvalue weighted by Gasteiger charge is -2.37. The summed E-state index contributed by atoms with van der Waals surface area (Å²) in [5.74, 6) is -0.208. The number of aryl methyl sites for hydroxylation is 1. The second kappa shape index (κ2) is 4.15. The van der Waals surface area contributed by atoms with Crippen molar-refractivity contribution in [2.45, 2.75) is 25.4 Å². The van der Waals surface area contributed by atoms with Crippen LogP contribution in [0.3, 0.4) is 0 Å². The minimum atomic E-state index is -0.773. The third-order valence-corrected chi connectivity index (χ3v) is 3.51. The maximum atomic E-state index is 13.2. The van der Waals surface area contributed by atoms with Gasteiger partial charge in [-0.2, -0.15) is 0 Å². The highest BCUT2D eigenvalue weighted by atomic mass is 19.1. The number of likely N-dealkylation sites (tertiary alicyclic amines) is 1. The van der Waals surface area contributed by atoms with Crippen molar-refractivity contribution in [2.75, 3.05) is 20.1 Å². The molecule has 1 aliphatic rings. The smallest absolute Gasteiger partial charge is 0.126 e. The van der Waals surface area contributed by atoms with Gasteiger partial charge in [-0.15, -0.1) is 0 Å². The molecule has 1 aliphatic heterocycles. The quantitative estimate of drug-likeness (QED) is 0.787. The van der Waals surface area contributed by atoms with Crippen LogP contribution in [0.2, 0.25) is 0 Å². The van der Waals surface area contributed by atoms with E-state index in [1.54, 1.807) is 19.1 Å². The molecule has 0 atom stereocenters. The summed E-state index contributed by atoms with van der Waals surface area (Å²) >= 11 is 0. The summed E-state index contributed by atoms with van der Waals surface area (Å²) in [6.45, 7) is 3.50. The SMILES string of the molecule is Cc1cc(C2(O)CCN(C)CC2)ccc1F. The minimum absolute atomic E-state index is 0.208. The van der Waals surface area contributed by atoms with Crippen LogP contribution in [0.1, 0.15) is 24.0 Å². The van der Waals surface area contributed by atoms with E-state index in [0.29, 0.717) is 18.4 Å². The second-order valence-corrected chi connectivity index (χ2v) is 4.80. The highest BCUT2D eigenvalue weighted by Gasteiger charge is 2.33. The number of nitrogens with zero attached hydrogens (tertiary/aromatic N) is 1. The third-order valence-electron chi connectivity index (χ3n) is 3.51. The predicted molar refractivity (Wildman–Crippen MR) is 61.8 cm³/mol. The second-order valence-electron chi connectivity index (χ2n) is 4.80. The van der Waals surface area contributed by atoms with E-state index in [0.717, 1.165) is 18.7 Å². The summed E-state index contributed by atoms with van der Waals surface area (Å²) in [6, 6.07) is 4.91. The first kappa shape index (κ1) is 11.6. The van der Waals surface area contributed by atoms with Crippen LogP contribution in [0, 0.1) is 12.7 Å². The summed E-state index contributed by atoms with van der Waals surface area (Å²) in [5, 5.41) is 10.5. The number of halogens is 1. The number of rotatable bonds is 1. The first-order valence-corrected chi connectivity index (χ1v) is 5.69. The zero-order chi connectivity index (χ0) is 11.8. The highest BCUT2D eigenvalue weighted by molar-refractivity contribution is 5.29. The lowest BCUT2D eigenvalue weighted by atomic mass is 9.84. The Balaban J connectivity index is 2.25. The summed E-state index contributed by atoms with van der Waals surface area (Å²) < 4.78 is 13.2. The van der Waals surface area contributed by atoms with Gasteiger partial charge in [0, 0.05) is 13.1 Å². The van der Waals surface area contributed by atoms with Gasteiger partial charge in [0.05, 0.1) is 5.60 Å². The van der Waals surface area contributed by atoms with Crippen LogP contribution in [0.4, 0.5) is 4.39 Å². The van der Waals surface area contributed by atoms with Gasteiger partial charge in [-0.05, 0) is 44.0 Å². The number of benzene rings is 1. The van der Waals surface area contributed by atoms with E-state index >= 15 is 0 Å². The topological polar surface area (TPSA) is 23.5 Å². The molecular weight excluding hydrogens is 205 g/mol. The Kier molecular flexibility index (Phi) is 3.00. The molecule has 1 N–H and O–H groups in total. The van der Waals surface area contributed by atoms with Gasteiger partial charge >= 0.3 is 0 Å². The summed E-state index contributed by atoms with van der Waals surface area (Å²) in [7, 11) is 2.05. The molecule has 2 rings (SSSR count). The average molecular weight is 223 g/mol. The molecule has 1 heterocycles. The molecule has 0 unspecified atom stereocenters. The summed E-state index contributed by atoms with van der Waals surface area (Å²) in [4.78, 5) is 2.20. The Morgan fingerprint density at radius 3 is 2.50 bits per heavy atom. The molecule has 0 amide bonds. The minimum Gasteiger partial charge on any atom is -0.385 e. The first-order valence-electron chi connectivity index (χ1n) is 5.69. The number of aliphatic hydroxyl groups is 1. The molecule has 1 fully saturated rings. The van der Waals surface area contributed by atoms with Crippen LogP contribution in [0.5, 0.6) is 0 Å². The molecular formula is C13H18FNO. The van der Waals surface area contributed by atoms with Gasteiger partial charge in [-0.1, -0.05) is 12.1 Å². The zero-order valence-corrected chi connectivity index (χ0v) is 9.83. The zero-order valence-electron chi connectivity index (χ0n) is 9.83. The Morgan fingerprint density at radius 1 is 1.31 bits per heavy atom. The van der Waals surface area contributed by atoms with Crippen molar-refractivity contribution in [2.24, 2.45) is 0 Å². The molecule has 2 nitrogen and oxygen atoms in total. The largest absolute Gasteiger partial charge is 0.385 e. The van der Waals surface area contributed by atoms with E-state index in [-0.39, 0.29) is 5.82 Å². The summed E-state index contributed by atoms with van der Waals surface area (Å²) in [6.07, 6.45) is 1.43. The van der Waals surface area contributed by atoms with Crippen LogP contribution >= 0.6 is 0 Å². The van der Waals surface area contributed by atoms with Crippen molar-refractivity contribution in [3.8, 4) is 0 Å². The molecule has 16 heavy (non-hydrogen) atoms. The molecule has 0 radical (unpaired) electrons. The van der Waals surface area contributed by atoms with Gasteiger partial charge in [-0.3, -0.25) is 0 Å². The molecule has 0 bridgehead atoms. The fraction of sp³-hybridized carbons (Fsp3) is 0.538. The third kappa shape index (κ3) is 2.11. The van der Waals surface area contributed by atoms with Crippen molar-refractivity contribution in [3.63, 3.8) is 0 Å². The fourth-order valence-electron chi connectivity index (χ4n) is 2.21. The van der Waals surface area contributed by atoms with Gasteiger partial charge in [-0.25, -0.2) is 4.39 Å². The van der Waals surface area contributed by atoms with E-state index < -0.39 is 5.60 Å². The van der Waals surface area contributed by atoms with Crippen molar-refractivity contribution in [1.82, 2.24) is 4.90 Å². The number of hydrogen-bond acceptors (Lipinski definition) is 2. The van der Waals surface area contributed by atoms with Crippen molar-refractivity contribution in [3.05, 3.63) is 35.1 Å². The standard InChI is InChI=1S/C13H18FNO/c1-10-9-11(3-4-12(10)14)13(16)5-7-15(2)8-6-13/h3-4,9,16H,5-8H2,1-2H3. The van der Waals surface area contributed by atoms with E-state index in [2.05, 4.69) is 11.9 Å². The van der Waals surface area contributed by atoms with Crippen LogP contribution < -0.4 is 0 Å². The number of piperidine rings is 1. The molecule has 1 saturated heterocycles.